The smallest absolute Gasteiger partial charge is 0.265 e. The molecule has 0 aliphatic rings. The van der Waals surface area contributed by atoms with Crippen LogP contribution in [0.4, 0.5) is 11.4 Å². The van der Waals surface area contributed by atoms with Crippen LogP contribution in [0.2, 0.25) is 0 Å². The number of hydrogen-bond acceptors (Lipinski definition) is 4. The average molecular weight is 447 g/mol. The first kappa shape index (κ1) is 23.9. The summed E-state index contributed by atoms with van der Waals surface area (Å²) in [5, 5.41) is 5.59. The fraction of sp³-hybridized carbons (Fsp3) is 0.259. The summed E-state index contributed by atoms with van der Waals surface area (Å²) < 4.78 is 11.2. The van der Waals surface area contributed by atoms with Crippen molar-refractivity contribution in [2.45, 2.75) is 39.2 Å². The predicted molar refractivity (Wildman–Crippen MR) is 131 cm³/mol. The highest BCUT2D eigenvalue weighted by Gasteiger charge is 2.17. The van der Waals surface area contributed by atoms with Crippen LogP contribution in [-0.2, 0) is 15.0 Å². The van der Waals surface area contributed by atoms with E-state index in [1.165, 1.54) is 5.56 Å². The molecular weight excluding hydrogens is 416 g/mol. The van der Waals surface area contributed by atoms with Crippen molar-refractivity contribution in [3.05, 3.63) is 84.4 Å². The van der Waals surface area contributed by atoms with Gasteiger partial charge >= 0.3 is 0 Å². The van der Waals surface area contributed by atoms with Gasteiger partial charge in [0.25, 0.3) is 11.8 Å². The van der Waals surface area contributed by atoms with E-state index in [2.05, 4.69) is 31.4 Å². The number of benzene rings is 3. The summed E-state index contributed by atoms with van der Waals surface area (Å²) in [5.41, 5.74) is 2.36. The van der Waals surface area contributed by atoms with Crippen LogP contribution < -0.4 is 20.1 Å². The van der Waals surface area contributed by atoms with Crippen LogP contribution in [0, 0.1) is 0 Å². The molecule has 2 amide bonds. The van der Waals surface area contributed by atoms with Gasteiger partial charge < -0.3 is 20.1 Å². The normalized spacial score (nSPS) is 11.9. The van der Waals surface area contributed by atoms with Crippen LogP contribution in [0.15, 0.2) is 78.9 Å². The summed E-state index contributed by atoms with van der Waals surface area (Å²) in [6, 6.07) is 23.8. The first-order valence-corrected chi connectivity index (χ1v) is 10.9. The fourth-order valence-corrected chi connectivity index (χ4v) is 3.07. The summed E-state index contributed by atoms with van der Waals surface area (Å²) in [6.45, 7) is 8.02. The van der Waals surface area contributed by atoms with E-state index >= 15 is 0 Å². The third kappa shape index (κ3) is 7.38. The van der Waals surface area contributed by atoms with Gasteiger partial charge in [-0.2, -0.15) is 0 Å². The van der Waals surface area contributed by atoms with Gasteiger partial charge in [-0.25, -0.2) is 0 Å². The molecule has 6 heteroatoms. The van der Waals surface area contributed by atoms with E-state index in [9.17, 15) is 9.59 Å². The topological polar surface area (TPSA) is 76.7 Å². The zero-order chi connectivity index (χ0) is 23.8. The van der Waals surface area contributed by atoms with Gasteiger partial charge in [0.05, 0.1) is 0 Å². The number of carbonyl (C=O) groups is 2. The van der Waals surface area contributed by atoms with E-state index in [0.717, 1.165) is 0 Å². The second-order valence-corrected chi connectivity index (χ2v) is 8.75. The first-order chi connectivity index (χ1) is 15.7. The number of amides is 2. The molecule has 172 valence electrons. The highest BCUT2D eigenvalue weighted by molar-refractivity contribution is 5.96. The maximum Gasteiger partial charge on any atom is 0.265 e. The minimum Gasteiger partial charge on any atom is -0.484 e. The third-order valence-corrected chi connectivity index (χ3v) is 4.93. The van der Waals surface area contributed by atoms with Gasteiger partial charge in [-0.3, -0.25) is 9.59 Å². The number of nitrogens with one attached hydrogen (secondary N) is 2. The van der Waals surface area contributed by atoms with Crippen molar-refractivity contribution >= 4 is 23.2 Å². The van der Waals surface area contributed by atoms with Crippen molar-refractivity contribution in [1.29, 1.82) is 0 Å². The Balaban J connectivity index is 1.52. The van der Waals surface area contributed by atoms with Gasteiger partial charge in [0.15, 0.2) is 12.7 Å². The number of anilines is 2. The Hall–Kier alpha value is -3.80. The highest BCUT2D eigenvalue weighted by Crippen LogP contribution is 2.25. The molecule has 0 radical (unpaired) electrons. The van der Waals surface area contributed by atoms with Gasteiger partial charge in [-0.05, 0) is 60.4 Å². The summed E-state index contributed by atoms with van der Waals surface area (Å²) in [7, 11) is 0. The fourth-order valence-electron chi connectivity index (χ4n) is 3.07. The zero-order valence-electron chi connectivity index (χ0n) is 19.4. The molecule has 1 unspecified atom stereocenters. The van der Waals surface area contributed by atoms with E-state index in [0.29, 0.717) is 22.9 Å². The Kier molecular flexibility index (Phi) is 7.72. The molecule has 0 heterocycles. The molecular formula is C27H30N2O4. The van der Waals surface area contributed by atoms with Crippen molar-refractivity contribution in [2.75, 3.05) is 17.2 Å². The van der Waals surface area contributed by atoms with Crippen LogP contribution >= 0.6 is 0 Å². The largest absolute Gasteiger partial charge is 0.484 e. The van der Waals surface area contributed by atoms with Crippen LogP contribution in [0.25, 0.3) is 0 Å². The summed E-state index contributed by atoms with van der Waals surface area (Å²) >= 11 is 0. The molecule has 3 rings (SSSR count). The van der Waals surface area contributed by atoms with E-state index in [1.807, 2.05) is 42.5 Å². The molecule has 0 aliphatic heterocycles. The van der Waals surface area contributed by atoms with Gasteiger partial charge in [0.1, 0.15) is 11.5 Å². The lowest BCUT2D eigenvalue weighted by Crippen LogP contribution is -2.30. The van der Waals surface area contributed by atoms with E-state index in [-0.39, 0.29) is 23.8 Å². The maximum atomic E-state index is 12.6. The Morgan fingerprint density at radius 3 is 2.09 bits per heavy atom. The van der Waals surface area contributed by atoms with E-state index in [1.54, 1.807) is 43.3 Å². The van der Waals surface area contributed by atoms with Crippen LogP contribution in [0.3, 0.4) is 0 Å². The van der Waals surface area contributed by atoms with Crippen molar-refractivity contribution in [1.82, 2.24) is 0 Å². The molecule has 0 aliphatic carbocycles. The summed E-state index contributed by atoms with van der Waals surface area (Å²) in [6.07, 6.45) is -0.692. The van der Waals surface area contributed by atoms with Gasteiger partial charge in [0, 0.05) is 11.4 Å². The zero-order valence-corrected chi connectivity index (χ0v) is 19.4. The molecule has 0 saturated heterocycles. The van der Waals surface area contributed by atoms with Crippen LogP contribution in [0.5, 0.6) is 11.5 Å². The molecule has 6 nitrogen and oxygen atoms in total. The number of ether oxygens (including phenoxy) is 2. The first-order valence-electron chi connectivity index (χ1n) is 10.9. The quantitative estimate of drug-likeness (QED) is 0.485. The molecule has 3 aromatic carbocycles. The highest BCUT2D eigenvalue weighted by atomic mass is 16.5. The molecule has 0 spiro atoms. The van der Waals surface area contributed by atoms with Gasteiger partial charge in [0.2, 0.25) is 0 Å². The average Bonchev–Trinajstić information content (AvgIpc) is 2.78. The number of rotatable bonds is 8. The third-order valence-electron chi connectivity index (χ3n) is 4.93. The Bertz CT molecular complexity index is 1070. The van der Waals surface area contributed by atoms with Crippen LogP contribution in [-0.4, -0.2) is 24.5 Å². The molecule has 1 atom stereocenters. The minimum absolute atomic E-state index is 0.0512. The summed E-state index contributed by atoms with van der Waals surface area (Å²) in [4.78, 5) is 24.8. The number of para-hydroxylation sites is 1. The Morgan fingerprint density at radius 1 is 0.818 bits per heavy atom. The van der Waals surface area contributed by atoms with Crippen molar-refractivity contribution in [3.8, 4) is 11.5 Å². The van der Waals surface area contributed by atoms with Gasteiger partial charge in [-0.15, -0.1) is 0 Å². The van der Waals surface area contributed by atoms with E-state index < -0.39 is 6.10 Å². The van der Waals surface area contributed by atoms with Crippen LogP contribution in [0.1, 0.15) is 33.3 Å². The lowest BCUT2D eigenvalue weighted by atomic mass is 9.87. The Labute approximate surface area is 194 Å². The molecule has 0 bridgehead atoms. The van der Waals surface area contributed by atoms with Gasteiger partial charge in [-0.1, -0.05) is 57.2 Å². The standard InChI is InChI=1S/C27H30N2O4/c1-19(33-24-15-13-20(14-16-24)27(2,3)4)26(31)29-22-10-8-9-21(17-22)28-25(30)18-32-23-11-6-5-7-12-23/h5-17,19H,18H2,1-4H3,(H,28,30)(H,29,31). The predicted octanol–water partition coefficient (Wildman–Crippen LogP) is 5.41. The number of hydrogen-bond donors (Lipinski definition) is 2. The van der Waals surface area contributed by atoms with Crippen molar-refractivity contribution in [3.63, 3.8) is 0 Å². The van der Waals surface area contributed by atoms with Crippen molar-refractivity contribution in [2.24, 2.45) is 0 Å². The SMILES string of the molecule is CC(Oc1ccc(C(C)(C)C)cc1)C(=O)Nc1cccc(NC(=O)COc2ccccc2)c1. The summed E-state index contributed by atoms with van der Waals surface area (Å²) in [5.74, 6) is 0.671. The molecule has 2 N–H and O–H groups in total. The lowest BCUT2D eigenvalue weighted by Gasteiger charge is -2.20. The second-order valence-electron chi connectivity index (χ2n) is 8.75. The molecule has 33 heavy (non-hydrogen) atoms. The van der Waals surface area contributed by atoms with E-state index in [4.69, 9.17) is 9.47 Å². The molecule has 3 aromatic rings. The maximum absolute atomic E-state index is 12.6. The molecule has 0 fully saturated rings. The van der Waals surface area contributed by atoms with Crippen molar-refractivity contribution < 1.29 is 19.1 Å². The lowest BCUT2D eigenvalue weighted by molar-refractivity contribution is -0.122. The molecule has 0 aromatic heterocycles. The minimum atomic E-state index is -0.692. The second kappa shape index (κ2) is 10.7. The Morgan fingerprint density at radius 2 is 1.45 bits per heavy atom. The monoisotopic (exact) mass is 446 g/mol. The molecule has 0 saturated carbocycles. The number of carbonyl (C=O) groups excluding carboxylic acids is 2.